The van der Waals surface area contributed by atoms with Gasteiger partial charge >= 0.3 is 0 Å². The Balaban J connectivity index is 1.91. The van der Waals surface area contributed by atoms with Crippen molar-refractivity contribution in [1.29, 1.82) is 0 Å². The first kappa shape index (κ1) is 15.8. The van der Waals surface area contributed by atoms with Gasteiger partial charge in [-0.3, -0.25) is 4.98 Å². The number of rotatable bonds is 7. The lowest BCUT2D eigenvalue weighted by molar-refractivity contribution is 0.175. The van der Waals surface area contributed by atoms with Crippen molar-refractivity contribution in [1.82, 2.24) is 10.3 Å². The van der Waals surface area contributed by atoms with Crippen molar-refractivity contribution in [2.75, 3.05) is 19.7 Å². The molecule has 0 atom stereocenters. The van der Waals surface area contributed by atoms with Crippen LogP contribution >= 0.6 is 0 Å². The van der Waals surface area contributed by atoms with Crippen LogP contribution < -0.4 is 10.1 Å². The minimum absolute atomic E-state index is 0.105. The number of ether oxygens (including phenoxy) is 1. The zero-order valence-electron chi connectivity index (χ0n) is 13.5. The highest BCUT2D eigenvalue weighted by atomic mass is 16.5. The summed E-state index contributed by atoms with van der Waals surface area (Å²) >= 11 is 0. The molecular weight excluding hydrogens is 260 g/mol. The summed E-state index contributed by atoms with van der Waals surface area (Å²) in [5, 5.41) is 4.64. The SMILES string of the molecule is CC(C)CNCC(C)(C)COc1ccc2cccnc2c1. The maximum absolute atomic E-state index is 5.96. The van der Waals surface area contributed by atoms with Crippen LogP contribution in [-0.4, -0.2) is 24.7 Å². The fourth-order valence-corrected chi connectivity index (χ4v) is 2.17. The average Bonchev–Trinajstić information content (AvgIpc) is 2.44. The van der Waals surface area contributed by atoms with Crippen LogP contribution in [0.1, 0.15) is 27.7 Å². The molecule has 2 rings (SSSR count). The predicted octanol–water partition coefficient (Wildman–Crippen LogP) is 3.89. The Morgan fingerprint density at radius 2 is 2.05 bits per heavy atom. The van der Waals surface area contributed by atoms with Gasteiger partial charge in [0.25, 0.3) is 0 Å². The Morgan fingerprint density at radius 3 is 2.81 bits per heavy atom. The molecule has 3 heteroatoms. The molecule has 0 unspecified atom stereocenters. The molecule has 1 aromatic heterocycles. The lowest BCUT2D eigenvalue weighted by Gasteiger charge is -2.25. The molecule has 1 N–H and O–H groups in total. The lowest BCUT2D eigenvalue weighted by atomic mass is 9.94. The van der Waals surface area contributed by atoms with Gasteiger partial charge in [-0.05, 0) is 30.7 Å². The van der Waals surface area contributed by atoms with Crippen LogP contribution in [0, 0.1) is 11.3 Å². The Morgan fingerprint density at radius 1 is 1.24 bits per heavy atom. The zero-order valence-corrected chi connectivity index (χ0v) is 13.5. The van der Waals surface area contributed by atoms with Crippen molar-refractivity contribution in [3.63, 3.8) is 0 Å². The number of benzene rings is 1. The van der Waals surface area contributed by atoms with Gasteiger partial charge in [-0.1, -0.05) is 33.8 Å². The van der Waals surface area contributed by atoms with Gasteiger partial charge in [0.2, 0.25) is 0 Å². The van der Waals surface area contributed by atoms with E-state index in [1.807, 2.05) is 24.4 Å². The van der Waals surface area contributed by atoms with Crippen LogP contribution in [0.2, 0.25) is 0 Å². The van der Waals surface area contributed by atoms with E-state index in [2.05, 4.69) is 50.1 Å². The standard InChI is InChI=1S/C18H26N2O/c1-14(2)11-19-12-18(3,4)13-21-16-8-7-15-6-5-9-20-17(15)10-16/h5-10,14,19H,11-13H2,1-4H3. The summed E-state index contributed by atoms with van der Waals surface area (Å²) in [6.07, 6.45) is 1.81. The lowest BCUT2D eigenvalue weighted by Crippen LogP contribution is -2.35. The number of aromatic nitrogens is 1. The molecule has 1 heterocycles. The van der Waals surface area contributed by atoms with Gasteiger partial charge < -0.3 is 10.1 Å². The van der Waals surface area contributed by atoms with E-state index < -0.39 is 0 Å². The van der Waals surface area contributed by atoms with Crippen LogP contribution in [0.25, 0.3) is 10.9 Å². The van der Waals surface area contributed by atoms with E-state index in [-0.39, 0.29) is 5.41 Å². The zero-order chi connectivity index (χ0) is 15.3. The normalized spacial score (nSPS) is 12.0. The summed E-state index contributed by atoms with van der Waals surface area (Å²) in [6.45, 7) is 11.6. The van der Waals surface area contributed by atoms with Gasteiger partial charge in [-0.25, -0.2) is 0 Å². The third-order valence-electron chi connectivity index (χ3n) is 3.36. The van der Waals surface area contributed by atoms with Crippen molar-refractivity contribution < 1.29 is 4.74 Å². The maximum Gasteiger partial charge on any atom is 0.121 e. The largest absolute Gasteiger partial charge is 0.493 e. The minimum atomic E-state index is 0.105. The van der Waals surface area contributed by atoms with E-state index in [0.717, 1.165) is 29.7 Å². The van der Waals surface area contributed by atoms with Gasteiger partial charge in [0.15, 0.2) is 0 Å². The summed E-state index contributed by atoms with van der Waals surface area (Å²) in [5.74, 6) is 1.56. The average molecular weight is 286 g/mol. The van der Waals surface area contributed by atoms with E-state index in [9.17, 15) is 0 Å². The Kier molecular flexibility index (Phi) is 5.18. The fourth-order valence-electron chi connectivity index (χ4n) is 2.17. The molecule has 114 valence electrons. The fraction of sp³-hybridized carbons (Fsp3) is 0.500. The molecular formula is C18H26N2O. The highest BCUT2D eigenvalue weighted by molar-refractivity contribution is 5.79. The van der Waals surface area contributed by atoms with Crippen molar-refractivity contribution in [3.8, 4) is 5.75 Å². The summed E-state index contributed by atoms with van der Waals surface area (Å²) < 4.78 is 5.96. The van der Waals surface area contributed by atoms with Gasteiger partial charge in [0.1, 0.15) is 5.75 Å². The third kappa shape index (κ3) is 5.01. The monoisotopic (exact) mass is 286 g/mol. The van der Waals surface area contributed by atoms with Crippen molar-refractivity contribution in [2.45, 2.75) is 27.7 Å². The maximum atomic E-state index is 5.96. The van der Waals surface area contributed by atoms with E-state index in [0.29, 0.717) is 12.5 Å². The topological polar surface area (TPSA) is 34.1 Å². The summed E-state index contributed by atoms with van der Waals surface area (Å²) in [7, 11) is 0. The first-order valence-electron chi connectivity index (χ1n) is 7.65. The molecule has 0 aliphatic heterocycles. The second kappa shape index (κ2) is 6.90. The summed E-state index contributed by atoms with van der Waals surface area (Å²) in [4.78, 5) is 4.36. The number of pyridine rings is 1. The molecule has 0 saturated carbocycles. The number of nitrogens with zero attached hydrogens (tertiary/aromatic N) is 1. The molecule has 0 aliphatic carbocycles. The summed E-state index contributed by atoms with van der Waals surface area (Å²) in [5.41, 5.74) is 1.08. The molecule has 0 bridgehead atoms. The first-order chi connectivity index (χ1) is 9.96. The van der Waals surface area contributed by atoms with Crippen molar-refractivity contribution >= 4 is 10.9 Å². The van der Waals surface area contributed by atoms with Gasteiger partial charge in [0, 0.05) is 29.6 Å². The van der Waals surface area contributed by atoms with E-state index in [1.165, 1.54) is 0 Å². The molecule has 0 saturated heterocycles. The molecule has 0 fully saturated rings. The van der Waals surface area contributed by atoms with Gasteiger partial charge in [-0.2, -0.15) is 0 Å². The van der Waals surface area contributed by atoms with Crippen molar-refractivity contribution in [3.05, 3.63) is 36.5 Å². The number of nitrogens with one attached hydrogen (secondary N) is 1. The molecule has 2 aromatic rings. The molecule has 0 amide bonds. The summed E-state index contributed by atoms with van der Waals surface area (Å²) in [6, 6.07) is 10.1. The van der Waals surface area contributed by atoms with Gasteiger partial charge in [-0.15, -0.1) is 0 Å². The Labute approximate surface area is 127 Å². The molecule has 21 heavy (non-hydrogen) atoms. The second-order valence-corrected chi connectivity index (χ2v) is 6.84. The van der Waals surface area contributed by atoms with E-state index in [1.54, 1.807) is 0 Å². The smallest absolute Gasteiger partial charge is 0.121 e. The Hall–Kier alpha value is -1.61. The van der Waals surface area contributed by atoms with Crippen LogP contribution in [0.5, 0.6) is 5.75 Å². The van der Waals surface area contributed by atoms with E-state index >= 15 is 0 Å². The highest BCUT2D eigenvalue weighted by Gasteiger charge is 2.18. The quantitative estimate of drug-likeness (QED) is 0.838. The molecule has 0 aliphatic rings. The van der Waals surface area contributed by atoms with Crippen LogP contribution in [-0.2, 0) is 0 Å². The number of fused-ring (bicyclic) bond motifs is 1. The second-order valence-electron chi connectivity index (χ2n) is 6.84. The van der Waals surface area contributed by atoms with Gasteiger partial charge in [0.05, 0.1) is 12.1 Å². The third-order valence-corrected chi connectivity index (χ3v) is 3.36. The minimum Gasteiger partial charge on any atom is -0.493 e. The highest BCUT2D eigenvalue weighted by Crippen LogP contribution is 2.21. The first-order valence-corrected chi connectivity index (χ1v) is 7.65. The van der Waals surface area contributed by atoms with Crippen LogP contribution in [0.15, 0.2) is 36.5 Å². The molecule has 0 radical (unpaired) electrons. The molecule has 3 nitrogen and oxygen atoms in total. The molecule has 0 spiro atoms. The predicted molar refractivity (Wildman–Crippen MR) is 88.7 cm³/mol. The number of hydrogen-bond acceptors (Lipinski definition) is 3. The van der Waals surface area contributed by atoms with Crippen molar-refractivity contribution in [2.24, 2.45) is 11.3 Å². The van der Waals surface area contributed by atoms with Crippen LogP contribution in [0.3, 0.4) is 0 Å². The van der Waals surface area contributed by atoms with E-state index in [4.69, 9.17) is 4.74 Å². The Bertz CT molecular complexity index is 578. The molecule has 1 aromatic carbocycles. The number of hydrogen-bond donors (Lipinski definition) is 1. The van der Waals surface area contributed by atoms with Crippen LogP contribution in [0.4, 0.5) is 0 Å².